The van der Waals surface area contributed by atoms with Crippen molar-refractivity contribution in [1.82, 2.24) is 14.3 Å². The van der Waals surface area contributed by atoms with Crippen molar-refractivity contribution in [3.05, 3.63) is 11.8 Å². The molecule has 1 saturated heterocycles. The zero-order valence-electron chi connectivity index (χ0n) is 13.8. The molecule has 0 radical (unpaired) electrons. The second-order valence-electron chi connectivity index (χ2n) is 6.50. The Balaban J connectivity index is 2.23. The average molecular weight is 345 g/mol. The van der Waals surface area contributed by atoms with Gasteiger partial charge in [0, 0.05) is 37.7 Å². The fourth-order valence-electron chi connectivity index (χ4n) is 2.30. The zero-order valence-corrected chi connectivity index (χ0v) is 15.5. The van der Waals surface area contributed by atoms with Crippen LogP contribution in [0.3, 0.4) is 0 Å². The summed E-state index contributed by atoms with van der Waals surface area (Å²) in [6.07, 6.45) is 3.23. The monoisotopic (exact) mass is 344 g/mol. The minimum absolute atomic E-state index is 0.0449. The van der Waals surface area contributed by atoms with Crippen LogP contribution in [0.5, 0.6) is 0 Å². The summed E-state index contributed by atoms with van der Waals surface area (Å²) in [5.41, 5.74) is 0.962. The first kappa shape index (κ1) is 17.5. The molecule has 2 rings (SSSR count). The van der Waals surface area contributed by atoms with E-state index in [9.17, 15) is 8.42 Å². The summed E-state index contributed by atoms with van der Waals surface area (Å²) in [4.78, 5) is 11.3. The standard InChI is InChI=1S/C14H24N4O2S2/c1-14(2,3)11-10-12(16-13(15-11)21-4)17-6-8-18(9-7-17)22(5,19)20/h10H,6-9H2,1-5H3. The molecule has 124 valence electrons. The zero-order chi connectivity index (χ0) is 16.5. The van der Waals surface area contributed by atoms with E-state index >= 15 is 0 Å². The molecule has 0 spiro atoms. The molecule has 1 aliphatic rings. The Morgan fingerprint density at radius 1 is 1.14 bits per heavy atom. The Hall–Kier alpha value is -0.860. The summed E-state index contributed by atoms with van der Waals surface area (Å²) in [5, 5.41) is 0.757. The first-order chi connectivity index (χ1) is 10.1. The van der Waals surface area contributed by atoms with Crippen molar-refractivity contribution in [1.29, 1.82) is 0 Å². The van der Waals surface area contributed by atoms with Gasteiger partial charge in [0.2, 0.25) is 10.0 Å². The van der Waals surface area contributed by atoms with Crippen molar-refractivity contribution in [2.45, 2.75) is 31.3 Å². The van der Waals surface area contributed by atoms with Gasteiger partial charge in [0.15, 0.2) is 5.16 Å². The molecule has 0 amide bonds. The molecule has 1 aromatic heterocycles. The molecule has 0 bridgehead atoms. The number of aromatic nitrogens is 2. The van der Waals surface area contributed by atoms with Crippen LogP contribution in [0.25, 0.3) is 0 Å². The molecule has 2 heterocycles. The molecule has 1 aliphatic heterocycles. The fraction of sp³-hybridized carbons (Fsp3) is 0.714. The quantitative estimate of drug-likeness (QED) is 0.613. The summed E-state index contributed by atoms with van der Waals surface area (Å²) in [7, 11) is -3.11. The van der Waals surface area contributed by atoms with Crippen LogP contribution in [-0.2, 0) is 15.4 Å². The summed E-state index contributed by atoms with van der Waals surface area (Å²) in [6.45, 7) is 8.70. The van der Waals surface area contributed by atoms with Crippen LogP contribution in [0.4, 0.5) is 5.82 Å². The minimum Gasteiger partial charge on any atom is -0.354 e. The van der Waals surface area contributed by atoms with Crippen molar-refractivity contribution in [3.63, 3.8) is 0 Å². The van der Waals surface area contributed by atoms with Gasteiger partial charge in [0.05, 0.1) is 11.9 Å². The molecule has 22 heavy (non-hydrogen) atoms. The summed E-state index contributed by atoms with van der Waals surface area (Å²) < 4.78 is 24.7. The SMILES string of the molecule is CSc1nc(N2CCN(S(C)(=O)=O)CC2)cc(C(C)(C)C)n1. The van der Waals surface area contributed by atoms with Crippen LogP contribution in [0.1, 0.15) is 26.5 Å². The highest BCUT2D eigenvalue weighted by molar-refractivity contribution is 7.98. The lowest BCUT2D eigenvalue weighted by molar-refractivity contribution is 0.386. The average Bonchev–Trinajstić information content (AvgIpc) is 2.45. The predicted octanol–water partition coefficient (Wildman–Crippen LogP) is 1.58. The third-order valence-electron chi connectivity index (χ3n) is 3.67. The smallest absolute Gasteiger partial charge is 0.211 e. The molecule has 1 fully saturated rings. The molecular weight excluding hydrogens is 320 g/mol. The van der Waals surface area contributed by atoms with E-state index in [2.05, 4.69) is 35.6 Å². The number of thioether (sulfide) groups is 1. The van der Waals surface area contributed by atoms with E-state index in [-0.39, 0.29) is 5.41 Å². The van der Waals surface area contributed by atoms with E-state index in [0.29, 0.717) is 26.2 Å². The van der Waals surface area contributed by atoms with Crippen LogP contribution in [-0.4, -0.2) is 61.4 Å². The highest BCUT2D eigenvalue weighted by Gasteiger charge is 2.26. The van der Waals surface area contributed by atoms with Crippen molar-refractivity contribution >= 4 is 27.6 Å². The van der Waals surface area contributed by atoms with Gasteiger partial charge in [-0.25, -0.2) is 18.4 Å². The minimum atomic E-state index is -3.11. The number of anilines is 1. The van der Waals surface area contributed by atoms with E-state index in [4.69, 9.17) is 0 Å². The van der Waals surface area contributed by atoms with Crippen LogP contribution in [0.15, 0.2) is 11.2 Å². The molecule has 0 saturated carbocycles. The van der Waals surface area contributed by atoms with Gasteiger partial charge in [-0.15, -0.1) is 0 Å². The van der Waals surface area contributed by atoms with Crippen LogP contribution in [0, 0.1) is 0 Å². The summed E-state index contributed by atoms with van der Waals surface area (Å²) in [5.74, 6) is 0.887. The lowest BCUT2D eigenvalue weighted by atomic mass is 9.92. The Kier molecular flexibility index (Phi) is 5.03. The van der Waals surface area contributed by atoms with Gasteiger partial charge in [-0.1, -0.05) is 32.5 Å². The van der Waals surface area contributed by atoms with Crippen molar-refractivity contribution in [3.8, 4) is 0 Å². The first-order valence-electron chi connectivity index (χ1n) is 7.25. The van der Waals surface area contributed by atoms with Gasteiger partial charge in [0.25, 0.3) is 0 Å². The highest BCUT2D eigenvalue weighted by atomic mass is 32.2. The van der Waals surface area contributed by atoms with Crippen molar-refractivity contribution < 1.29 is 8.42 Å². The molecule has 0 aromatic carbocycles. The van der Waals surface area contributed by atoms with Gasteiger partial charge < -0.3 is 4.90 Å². The van der Waals surface area contributed by atoms with Gasteiger partial charge in [-0.05, 0) is 6.26 Å². The Labute approximate surface area is 137 Å². The maximum atomic E-state index is 11.6. The Morgan fingerprint density at radius 3 is 2.18 bits per heavy atom. The molecule has 0 unspecified atom stereocenters. The third kappa shape index (κ3) is 4.11. The topological polar surface area (TPSA) is 66.4 Å². The second kappa shape index (κ2) is 6.33. The van der Waals surface area contributed by atoms with Gasteiger partial charge in [-0.2, -0.15) is 4.31 Å². The Bertz CT molecular complexity index is 633. The van der Waals surface area contributed by atoms with E-state index in [1.807, 2.05) is 12.3 Å². The summed E-state index contributed by atoms with van der Waals surface area (Å²) in [6, 6.07) is 2.02. The largest absolute Gasteiger partial charge is 0.354 e. The summed E-state index contributed by atoms with van der Waals surface area (Å²) >= 11 is 1.53. The number of rotatable bonds is 3. The van der Waals surface area contributed by atoms with E-state index in [1.54, 1.807) is 0 Å². The molecule has 0 aliphatic carbocycles. The number of piperazine rings is 1. The van der Waals surface area contributed by atoms with Crippen molar-refractivity contribution in [2.75, 3.05) is 43.6 Å². The van der Waals surface area contributed by atoms with Crippen LogP contribution >= 0.6 is 11.8 Å². The molecule has 0 N–H and O–H groups in total. The maximum Gasteiger partial charge on any atom is 0.211 e. The number of hydrogen-bond acceptors (Lipinski definition) is 6. The lowest BCUT2D eigenvalue weighted by Crippen LogP contribution is -2.48. The van der Waals surface area contributed by atoms with E-state index < -0.39 is 10.0 Å². The normalized spacial score (nSPS) is 17.8. The highest BCUT2D eigenvalue weighted by Crippen LogP contribution is 2.26. The molecular formula is C14H24N4O2S2. The lowest BCUT2D eigenvalue weighted by Gasteiger charge is -2.34. The molecule has 1 aromatic rings. The van der Waals surface area contributed by atoms with E-state index in [1.165, 1.54) is 22.3 Å². The fourth-order valence-corrected chi connectivity index (χ4v) is 3.50. The maximum absolute atomic E-state index is 11.6. The van der Waals surface area contributed by atoms with Crippen LogP contribution < -0.4 is 4.90 Å². The predicted molar refractivity (Wildman–Crippen MR) is 91.1 cm³/mol. The van der Waals surface area contributed by atoms with Crippen molar-refractivity contribution in [2.24, 2.45) is 0 Å². The molecule has 6 nitrogen and oxygen atoms in total. The van der Waals surface area contributed by atoms with Crippen LogP contribution in [0.2, 0.25) is 0 Å². The number of sulfonamides is 1. The van der Waals surface area contributed by atoms with E-state index in [0.717, 1.165) is 16.7 Å². The second-order valence-corrected chi connectivity index (χ2v) is 9.25. The Morgan fingerprint density at radius 2 is 1.73 bits per heavy atom. The third-order valence-corrected chi connectivity index (χ3v) is 5.53. The van der Waals surface area contributed by atoms with Gasteiger partial charge in [0.1, 0.15) is 5.82 Å². The molecule has 8 heteroatoms. The van der Waals surface area contributed by atoms with Gasteiger partial charge in [-0.3, -0.25) is 0 Å². The molecule has 0 atom stereocenters. The first-order valence-corrected chi connectivity index (χ1v) is 10.3. The van der Waals surface area contributed by atoms with Gasteiger partial charge >= 0.3 is 0 Å². The number of hydrogen-bond donors (Lipinski definition) is 0. The number of nitrogens with zero attached hydrogens (tertiary/aromatic N) is 4.